The number of rotatable bonds is 3. The molecule has 2 fully saturated rings. The Morgan fingerprint density at radius 2 is 1.58 bits per heavy atom. The van der Waals surface area contributed by atoms with Gasteiger partial charge in [0.05, 0.1) is 22.9 Å². The van der Waals surface area contributed by atoms with Crippen LogP contribution in [-0.4, -0.2) is 59.1 Å². The Morgan fingerprint density at radius 1 is 1.12 bits per heavy atom. The summed E-state index contributed by atoms with van der Waals surface area (Å²) in [6.07, 6.45) is -0.566. The van der Waals surface area contributed by atoms with Crippen LogP contribution in [0.3, 0.4) is 0 Å². The van der Waals surface area contributed by atoms with Crippen LogP contribution in [-0.2, 0) is 18.8 Å². The van der Waals surface area contributed by atoms with Crippen LogP contribution in [0.2, 0.25) is 5.31 Å². The number of ether oxygens (including phenoxy) is 1. The van der Waals surface area contributed by atoms with Gasteiger partial charge in [-0.3, -0.25) is 4.79 Å². The van der Waals surface area contributed by atoms with Gasteiger partial charge in [-0.25, -0.2) is 4.79 Å². The zero-order valence-corrected chi connectivity index (χ0v) is 15.6. The van der Waals surface area contributed by atoms with Gasteiger partial charge in [-0.1, -0.05) is 0 Å². The number of hydrogen-bond donors (Lipinski definition) is 1. The number of aliphatic carboxylic acids is 1. The Labute approximate surface area is 143 Å². The molecule has 0 aromatic rings. The second-order valence-electron chi connectivity index (χ2n) is 8.86. The van der Waals surface area contributed by atoms with E-state index in [0.29, 0.717) is 0 Å². The zero-order chi connectivity index (χ0) is 18.6. The van der Waals surface area contributed by atoms with Crippen molar-refractivity contribution in [3.8, 4) is 0 Å². The third-order valence-corrected chi connectivity index (χ3v) is 4.92. The van der Waals surface area contributed by atoms with E-state index in [1.54, 1.807) is 20.8 Å². The maximum absolute atomic E-state index is 12.2. The molecular weight excluding hydrogens is 313 g/mol. The summed E-state index contributed by atoms with van der Waals surface area (Å²) >= 11 is 0. The molecule has 1 amide bonds. The van der Waals surface area contributed by atoms with Crippen molar-refractivity contribution < 1.29 is 28.7 Å². The second-order valence-corrected chi connectivity index (χ2v) is 8.86. The minimum Gasteiger partial charge on any atom is -0.481 e. The van der Waals surface area contributed by atoms with Gasteiger partial charge in [-0.05, 0) is 48.5 Å². The smallest absolute Gasteiger partial charge is 0.468 e. The topological polar surface area (TPSA) is 85.3 Å². The highest BCUT2D eigenvalue weighted by molar-refractivity contribution is 6.51. The van der Waals surface area contributed by atoms with Crippen molar-refractivity contribution in [1.29, 1.82) is 0 Å². The van der Waals surface area contributed by atoms with Gasteiger partial charge >= 0.3 is 19.2 Å². The van der Waals surface area contributed by atoms with Crippen molar-refractivity contribution in [2.75, 3.05) is 13.1 Å². The first-order chi connectivity index (χ1) is 10.7. The highest BCUT2D eigenvalue weighted by Gasteiger charge is 2.65. The summed E-state index contributed by atoms with van der Waals surface area (Å²) in [5, 5.41) is 8.54. The van der Waals surface area contributed by atoms with Crippen molar-refractivity contribution in [3.05, 3.63) is 0 Å². The first-order valence-electron chi connectivity index (χ1n) is 8.23. The Kier molecular flexibility index (Phi) is 4.47. The third kappa shape index (κ3) is 3.54. The van der Waals surface area contributed by atoms with E-state index in [9.17, 15) is 14.7 Å². The number of carboxylic acids is 1. The van der Waals surface area contributed by atoms with Crippen LogP contribution >= 0.6 is 0 Å². The first-order valence-corrected chi connectivity index (χ1v) is 8.23. The lowest BCUT2D eigenvalue weighted by Gasteiger charge is -2.49. The minimum absolute atomic E-state index is 0.122. The quantitative estimate of drug-likeness (QED) is 0.794. The van der Waals surface area contributed by atoms with Gasteiger partial charge in [0.2, 0.25) is 0 Å². The van der Waals surface area contributed by atoms with Crippen LogP contribution in [0.25, 0.3) is 0 Å². The Morgan fingerprint density at radius 3 is 1.96 bits per heavy atom. The average Bonchev–Trinajstić information content (AvgIpc) is 2.49. The fourth-order valence-corrected chi connectivity index (χ4v) is 2.91. The van der Waals surface area contributed by atoms with Gasteiger partial charge in [-0.15, -0.1) is 0 Å². The molecule has 2 aliphatic heterocycles. The molecule has 0 spiro atoms. The number of nitrogens with zero attached hydrogens (tertiary/aromatic N) is 1. The van der Waals surface area contributed by atoms with Crippen molar-refractivity contribution in [1.82, 2.24) is 4.90 Å². The maximum Gasteiger partial charge on any atom is 0.468 e. The number of likely N-dealkylation sites (tertiary alicyclic amines) is 1. The molecule has 136 valence electrons. The van der Waals surface area contributed by atoms with Crippen LogP contribution in [0, 0.1) is 0 Å². The van der Waals surface area contributed by atoms with E-state index in [-0.39, 0.29) is 19.5 Å². The lowest BCUT2D eigenvalue weighted by Crippen LogP contribution is -2.62. The predicted octanol–water partition coefficient (Wildman–Crippen LogP) is 2.54. The van der Waals surface area contributed by atoms with Gasteiger partial charge in [-0.2, -0.15) is 0 Å². The SMILES string of the molecule is CC(C)(C)OC(=O)N1CC(CC(=O)O)(B2OC(C)(C)C(C)(C)O2)C1. The summed E-state index contributed by atoms with van der Waals surface area (Å²) in [6.45, 7) is 13.6. The number of amides is 1. The number of hydrogen-bond acceptors (Lipinski definition) is 5. The molecule has 2 saturated heterocycles. The molecule has 1 N–H and O–H groups in total. The average molecular weight is 341 g/mol. The normalized spacial score (nSPS) is 24.5. The molecule has 0 saturated carbocycles. The molecule has 0 radical (unpaired) electrons. The molecule has 7 nitrogen and oxygen atoms in total. The van der Waals surface area contributed by atoms with Crippen LogP contribution in [0.5, 0.6) is 0 Å². The van der Waals surface area contributed by atoms with Crippen molar-refractivity contribution >= 4 is 19.2 Å². The molecule has 0 bridgehead atoms. The van der Waals surface area contributed by atoms with Crippen molar-refractivity contribution in [2.24, 2.45) is 0 Å². The molecule has 2 aliphatic rings. The van der Waals surface area contributed by atoms with Crippen molar-refractivity contribution in [3.63, 3.8) is 0 Å². The lowest BCUT2D eigenvalue weighted by molar-refractivity contribution is -0.139. The van der Waals surface area contributed by atoms with Crippen LogP contribution in [0.4, 0.5) is 4.79 Å². The van der Waals surface area contributed by atoms with Gasteiger partial charge in [0.25, 0.3) is 0 Å². The second kappa shape index (κ2) is 5.63. The van der Waals surface area contributed by atoms with E-state index in [1.807, 2.05) is 27.7 Å². The molecule has 2 rings (SSSR count). The van der Waals surface area contributed by atoms with E-state index in [1.165, 1.54) is 4.90 Å². The highest BCUT2D eigenvalue weighted by Crippen LogP contribution is 2.52. The Hall–Kier alpha value is -1.28. The molecule has 2 heterocycles. The van der Waals surface area contributed by atoms with E-state index in [4.69, 9.17) is 14.0 Å². The largest absolute Gasteiger partial charge is 0.481 e. The fraction of sp³-hybridized carbons (Fsp3) is 0.875. The predicted molar refractivity (Wildman–Crippen MR) is 88.8 cm³/mol. The van der Waals surface area contributed by atoms with Crippen LogP contribution in [0.15, 0.2) is 0 Å². The highest BCUT2D eigenvalue weighted by atomic mass is 16.7. The monoisotopic (exact) mass is 341 g/mol. The first kappa shape index (κ1) is 19.1. The molecule has 0 atom stereocenters. The van der Waals surface area contributed by atoms with E-state index in [2.05, 4.69) is 0 Å². The third-order valence-electron chi connectivity index (χ3n) is 4.92. The minimum atomic E-state index is -0.937. The lowest BCUT2D eigenvalue weighted by atomic mass is 9.51. The molecule has 24 heavy (non-hydrogen) atoms. The standard InChI is InChI=1S/C16H28BNO6/c1-13(2,3)22-12(21)18-9-16(10-18,8-11(19)20)17-23-14(4,5)15(6,7)24-17/h8-10H2,1-7H3,(H,19,20). The Balaban J connectivity index is 2.12. The Bertz CT molecular complexity index is 517. The summed E-state index contributed by atoms with van der Waals surface area (Å²) in [5.41, 5.74) is -1.68. The summed E-state index contributed by atoms with van der Waals surface area (Å²) in [5.74, 6) is -0.937. The van der Waals surface area contributed by atoms with Gasteiger partial charge < -0.3 is 24.1 Å². The van der Waals surface area contributed by atoms with E-state index in [0.717, 1.165) is 0 Å². The fourth-order valence-electron chi connectivity index (χ4n) is 2.91. The van der Waals surface area contributed by atoms with Gasteiger partial charge in [0.1, 0.15) is 5.60 Å². The summed E-state index contributed by atoms with van der Waals surface area (Å²) in [7, 11) is -0.669. The zero-order valence-electron chi connectivity index (χ0n) is 15.6. The van der Waals surface area contributed by atoms with Crippen molar-refractivity contribution in [2.45, 2.75) is 77.0 Å². The number of carbonyl (C=O) groups excluding carboxylic acids is 1. The molecule has 8 heteroatoms. The molecular formula is C16H28BNO6. The summed E-state index contributed by atoms with van der Waals surface area (Å²) in [4.78, 5) is 25.0. The van der Waals surface area contributed by atoms with E-state index < -0.39 is 41.3 Å². The number of carbonyl (C=O) groups is 2. The molecule has 0 unspecified atom stereocenters. The summed E-state index contributed by atoms with van der Waals surface area (Å²) in [6, 6.07) is 0. The molecule has 0 aromatic heterocycles. The van der Waals surface area contributed by atoms with E-state index >= 15 is 0 Å². The van der Waals surface area contributed by atoms with Crippen LogP contribution < -0.4 is 0 Å². The molecule has 0 aromatic carbocycles. The number of carboxylic acid groups (broad SMARTS) is 1. The summed E-state index contributed by atoms with van der Waals surface area (Å²) < 4.78 is 17.4. The van der Waals surface area contributed by atoms with Crippen LogP contribution in [0.1, 0.15) is 54.9 Å². The molecule has 0 aliphatic carbocycles. The van der Waals surface area contributed by atoms with Gasteiger partial charge in [0.15, 0.2) is 0 Å². The van der Waals surface area contributed by atoms with Gasteiger partial charge in [0, 0.05) is 13.1 Å². The maximum atomic E-state index is 12.2.